The molecule has 42 valence electrons. The largest absolute Gasteiger partial charge is 0.386 e. The molecule has 0 aromatic heterocycles. The van der Waals surface area contributed by atoms with Gasteiger partial charge in [-0.15, -0.1) is 0 Å². The van der Waals surface area contributed by atoms with Crippen molar-refractivity contribution in [3.8, 4) is 0 Å². The normalized spacial score (nSPS) is 12.1. The third-order valence-electron chi connectivity index (χ3n) is 0.892. The summed E-state index contributed by atoms with van der Waals surface area (Å²) < 4.78 is 1.93. The first-order valence-electron chi connectivity index (χ1n) is 2.45. The molecule has 0 heterocycles. The summed E-state index contributed by atoms with van der Waals surface area (Å²) in [6.07, 6.45) is 1.74. The molecule has 0 aliphatic rings. The zero-order chi connectivity index (χ0) is 5.70. The van der Waals surface area contributed by atoms with Crippen LogP contribution in [0.4, 0.5) is 0 Å². The molecule has 0 spiro atoms. The van der Waals surface area contributed by atoms with Crippen molar-refractivity contribution >= 4 is 6.21 Å². The number of hydrogen-bond donors (Lipinski definition) is 1. The van der Waals surface area contributed by atoms with Gasteiger partial charge in [0.1, 0.15) is 20.2 Å². The van der Waals surface area contributed by atoms with Crippen molar-refractivity contribution in [3.63, 3.8) is 0 Å². The van der Waals surface area contributed by atoms with Crippen LogP contribution in [0.5, 0.6) is 0 Å². The zero-order valence-electron chi connectivity index (χ0n) is 4.89. The molecule has 0 aliphatic heterocycles. The highest BCUT2D eigenvalue weighted by molar-refractivity contribution is 5.51. The van der Waals surface area contributed by atoms with Crippen LogP contribution in [0.1, 0.15) is 6.92 Å². The van der Waals surface area contributed by atoms with Crippen LogP contribution in [-0.4, -0.2) is 36.1 Å². The second-order valence-corrected chi connectivity index (χ2v) is 1.44. The first kappa shape index (κ1) is 6.63. The van der Waals surface area contributed by atoms with Crippen LogP contribution in [0, 0.1) is 0 Å². The molecule has 0 bridgehead atoms. The summed E-state index contributed by atoms with van der Waals surface area (Å²) >= 11 is 0. The molecule has 0 aromatic carbocycles. The van der Waals surface area contributed by atoms with Gasteiger partial charge < -0.3 is 5.11 Å². The molecular formula is C5H12NO+. The SMILES string of the molecule is CC[N+](C)=CCO. The van der Waals surface area contributed by atoms with Crippen LogP contribution in [0.25, 0.3) is 0 Å². The van der Waals surface area contributed by atoms with Gasteiger partial charge in [-0.05, 0) is 6.92 Å². The van der Waals surface area contributed by atoms with Crippen LogP contribution in [0.2, 0.25) is 0 Å². The van der Waals surface area contributed by atoms with Crippen LogP contribution in [-0.2, 0) is 0 Å². The standard InChI is InChI=1S/C5H12NO/c1-3-6(2)4-5-7/h4,7H,3,5H2,1-2H3/q+1. The minimum atomic E-state index is 0.143. The summed E-state index contributed by atoms with van der Waals surface area (Å²) in [6, 6.07) is 0. The third-order valence-corrected chi connectivity index (χ3v) is 0.892. The van der Waals surface area contributed by atoms with Crippen molar-refractivity contribution in [2.24, 2.45) is 0 Å². The van der Waals surface area contributed by atoms with Gasteiger partial charge in [-0.1, -0.05) is 0 Å². The number of aliphatic hydroxyl groups excluding tert-OH is 1. The number of hydrogen-bond acceptors (Lipinski definition) is 1. The van der Waals surface area contributed by atoms with E-state index in [1.54, 1.807) is 6.21 Å². The first-order valence-corrected chi connectivity index (χ1v) is 2.45. The molecule has 0 fully saturated rings. The molecule has 2 nitrogen and oxygen atoms in total. The predicted molar refractivity (Wildman–Crippen MR) is 29.9 cm³/mol. The lowest BCUT2D eigenvalue weighted by Crippen LogP contribution is -2.07. The molecule has 0 radical (unpaired) electrons. The number of nitrogens with zero attached hydrogens (tertiary/aromatic N) is 1. The highest BCUT2D eigenvalue weighted by atomic mass is 16.3. The molecule has 0 saturated heterocycles. The van der Waals surface area contributed by atoms with Crippen molar-refractivity contribution in [1.82, 2.24) is 0 Å². The van der Waals surface area contributed by atoms with E-state index in [1.165, 1.54) is 0 Å². The van der Waals surface area contributed by atoms with Crippen LogP contribution in [0.15, 0.2) is 0 Å². The van der Waals surface area contributed by atoms with E-state index in [4.69, 9.17) is 5.11 Å². The number of rotatable bonds is 2. The van der Waals surface area contributed by atoms with Crippen molar-refractivity contribution in [2.75, 3.05) is 20.2 Å². The summed E-state index contributed by atoms with van der Waals surface area (Å²) in [4.78, 5) is 0. The fourth-order valence-corrected chi connectivity index (χ4v) is 0.268. The maximum absolute atomic E-state index is 8.27. The van der Waals surface area contributed by atoms with E-state index in [-0.39, 0.29) is 6.61 Å². The summed E-state index contributed by atoms with van der Waals surface area (Å²) in [5.41, 5.74) is 0. The maximum Gasteiger partial charge on any atom is 0.165 e. The van der Waals surface area contributed by atoms with Gasteiger partial charge in [-0.25, -0.2) is 4.58 Å². The Morgan fingerprint density at radius 1 is 1.71 bits per heavy atom. The van der Waals surface area contributed by atoms with Crippen LogP contribution in [0.3, 0.4) is 0 Å². The molecule has 0 unspecified atom stereocenters. The molecule has 0 atom stereocenters. The summed E-state index contributed by atoms with van der Waals surface area (Å²) in [7, 11) is 1.93. The fraction of sp³-hybridized carbons (Fsp3) is 0.800. The smallest absolute Gasteiger partial charge is 0.165 e. The van der Waals surface area contributed by atoms with Gasteiger partial charge in [-0.2, -0.15) is 0 Å². The van der Waals surface area contributed by atoms with E-state index >= 15 is 0 Å². The Morgan fingerprint density at radius 3 is 2.43 bits per heavy atom. The molecule has 7 heavy (non-hydrogen) atoms. The lowest BCUT2D eigenvalue weighted by Gasteiger charge is -1.85. The van der Waals surface area contributed by atoms with Gasteiger partial charge in [0.2, 0.25) is 0 Å². The van der Waals surface area contributed by atoms with Gasteiger partial charge in [0.05, 0.1) is 0 Å². The average molecular weight is 102 g/mol. The van der Waals surface area contributed by atoms with E-state index in [0.29, 0.717) is 0 Å². The molecular weight excluding hydrogens is 90.1 g/mol. The fourth-order valence-electron chi connectivity index (χ4n) is 0.268. The zero-order valence-corrected chi connectivity index (χ0v) is 4.89. The topological polar surface area (TPSA) is 23.2 Å². The van der Waals surface area contributed by atoms with Crippen molar-refractivity contribution in [3.05, 3.63) is 0 Å². The Hall–Kier alpha value is -0.370. The van der Waals surface area contributed by atoms with E-state index in [9.17, 15) is 0 Å². The van der Waals surface area contributed by atoms with E-state index in [2.05, 4.69) is 0 Å². The van der Waals surface area contributed by atoms with E-state index in [0.717, 1.165) is 6.54 Å². The maximum atomic E-state index is 8.27. The minimum absolute atomic E-state index is 0.143. The highest BCUT2D eigenvalue weighted by Gasteiger charge is 1.82. The summed E-state index contributed by atoms with van der Waals surface area (Å²) in [6.45, 7) is 3.14. The molecule has 0 saturated carbocycles. The van der Waals surface area contributed by atoms with Gasteiger partial charge in [0.15, 0.2) is 6.21 Å². The van der Waals surface area contributed by atoms with Crippen molar-refractivity contribution in [1.29, 1.82) is 0 Å². The Kier molecular flexibility index (Phi) is 3.61. The molecule has 0 rings (SSSR count). The number of aliphatic hydroxyl groups is 1. The summed E-state index contributed by atoms with van der Waals surface area (Å²) in [5.74, 6) is 0. The monoisotopic (exact) mass is 102 g/mol. The molecule has 0 aliphatic carbocycles. The highest BCUT2D eigenvalue weighted by Crippen LogP contribution is 1.59. The van der Waals surface area contributed by atoms with E-state index in [1.807, 2.05) is 18.5 Å². The van der Waals surface area contributed by atoms with Crippen molar-refractivity contribution < 1.29 is 9.68 Å². The van der Waals surface area contributed by atoms with Crippen molar-refractivity contribution in [2.45, 2.75) is 6.92 Å². The predicted octanol–water partition coefficient (Wildman–Crippen LogP) is -0.288. The quantitative estimate of drug-likeness (QED) is 0.376. The van der Waals surface area contributed by atoms with Gasteiger partial charge in [0, 0.05) is 0 Å². The van der Waals surface area contributed by atoms with E-state index < -0.39 is 0 Å². The minimum Gasteiger partial charge on any atom is -0.386 e. The Labute approximate surface area is 44.1 Å². The Morgan fingerprint density at radius 2 is 2.29 bits per heavy atom. The Balaban J connectivity index is 3.29. The molecule has 0 aromatic rings. The Bertz CT molecular complexity index is 68.5. The van der Waals surface area contributed by atoms with Gasteiger partial charge >= 0.3 is 0 Å². The summed E-state index contributed by atoms with van der Waals surface area (Å²) in [5, 5.41) is 8.27. The first-order chi connectivity index (χ1) is 3.31. The second-order valence-electron chi connectivity index (χ2n) is 1.44. The third kappa shape index (κ3) is 3.46. The van der Waals surface area contributed by atoms with Crippen LogP contribution >= 0.6 is 0 Å². The lowest BCUT2D eigenvalue weighted by atomic mass is 10.7. The van der Waals surface area contributed by atoms with Crippen LogP contribution < -0.4 is 0 Å². The van der Waals surface area contributed by atoms with Gasteiger partial charge in [-0.3, -0.25) is 0 Å². The molecule has 1 N–H and O–H groups in total. The van der Waals surface area contributed by atoms with Gasteiger partial charge in [0.25, 0.3) is 0 Å². The molecule has 0 amide bonds. The average Bonchev–Trinajstić information content (AvgIpc) is 1.68. The lowest BCUT2D eigenvalue weighted by molar-refractivity contribution is -0.489. The second kappa shape index (κ2) is 3.81. The molecule has 2 heteroatoms.